The molecule has 1 rings (SSSR count). The summed E-state index contributed by atoms with van der Waals surface area (Å²) in [6, 6.07) is 4.25. The van der Waals surface area contributed by atoms with E-state index < -0.39 is 10.5 Å². The molecule has 0 amide bonds. The highest BCUT2D eigenvalue weighted by Gasteiger charge is 2.17. The van der Waals surface area contributed by atoms with Crippen LogP contribution >= 0.6 is 11.6 Å². The molecule has 0 radical (unpaired) electrons. The van der Waals surface area contributed by atoms with Crippen LogP contribution in [0.5, 0.6) is 0 Å². The molecule has 88 valence electrons. The molecule has 0 atom stereocenters. The first-order valence-corrected chi connectivity index (χ1v) is 5.07. The van der Waals surface area contributed by atoms with Crippen LogP contribution in [0.25, 0.3) is 0 Å². The van der Waals surface area contributed by atoms with Gasteiger partial charge in [-0.15, -0.1) is 0 Å². The SMILES string of the molecule is CC(C)(O)CNc1cc(Cl)ccc1[N+](=O)[O-]. The Balaban J connectivity index is 2.93. The molecule has 16 heavy (non-hydrogen) atoms. The average molecular weight is 245 g/mol. The third-order valence-electron chi connectivity index (χ3n) is 1.87. The van der Waals surface area contributed by atoms with Crippen LogP contribution in [-0.4, -0.2) is 22.2 Å². The zero-order valence-corrected chi connectivity index (χ0v) is 9.78. The van der Waals surface area contributed by atoms with Crippen molar-refractivity contribution in [2.24, 2.45) is 0 Å². The van der Waals surface area contributed by atoms with E-state index in [2.05, 4.69) is 5.32 Å². The Bertz CT molecular complexity index is 402. The standard InChI is InChI=1S/C10H13ClN2O3/c1-10(2,14)6-12-8-5-7(11)3-4-9(8)13(15)16/h3-5,12,14H,6H2,1-2H3. The van der Waals surface area contributed by atoms with E-state index in [1.165, 1.54) is 18.2 Å². The van der Waals surface area contributed by atoms with Crippen LogP contribution < -0.4 is 5.32 Å². The van der Waals surface area contributed by atoms with Crippen LogP contribution in [0.4, 0.5) is 11.4 Å². The summed E-state index contributed by atoms with van der Waals surface area (Å²) in [6.07, 6.45) is 0. The van der Waals surface area contributed by atoms with Gasteiger partial charge in [0.15, 0.2) is 0 Å². The molecular formula is C10H13ClN2O3. The number of hydrogen-bond donors (Lipinski definition) is 2. The topological polar surface area (TPSA) is 75.4 Å². The minimum Gasteiger partial charge on any atom is -0.389 e. The van der Waals surface area contributed by atoms with Gasteiger partial charge >= 0.3 is 0 Å². The monoisotopic (exact) mass is 244 g/mol. The van der Waals surface area contributed by atoms with E-state index in [0.29, 0.717) is 10.7 Å². The summed E-state index contributed by atoms with van der Waals surface area (Å²) in [5, 5.41) is 23.4. The van der Waals surface area contributed by atoms with Gasteiger partial charge in [-0.05, 0) is 26.0 Å². The summed E-state index contributed by atoms with van der Waals surface area (Å²) >= 11 is 5.75. The summed E-state index contributed by atoms with van der Waals surface area (Å²) in [5.74, 6) is 0. The molecule has 0 heterocycles. The summed E-state index contributed by atoms with van der Waals surface area (Å²) in [7, 11) is 0. The number of nitrogens with one attached hydrogen (secondary N) is 1. The zero-order chi connectivity index (χ0) is 12.3. The van der Waals surface area contributed by atoms with Gasteiger partial charge in [-0.25, -0.2) is 0 Å². The predicted octanol–water partition coefficient (Wildman–Crippen LogP) is 2.43. The molecule has 0 saturated heterocycles. The smallest absolute Gasteiger partial charge is 0.292 e. The lowest BCUT2D eigenvalue weighted by molar-refractivity contribution is -0.384. The van der Waals surface area contributed by atoms with Crippen LogP contribution in [0.2, 0.25) is 5.02 Å². The number of benzene rings is 1. The van der Waals surface area contributed by atoms with Crippen molar-refractivity contribution in [2.45, 2.75) is 19.4 Å². The molecule has 2 N–H and O–H groups in total. The lowest BCUT2D eigenvalue weighted by atomic mass is 10.1. The molecule has 0 aliphatic rings. The van der Waals surface area contributed by atoms with E-state index in [4.69, 9.17) is 11.6 Å². The summed E-state index contributed by atoms with van der Waals surface area (Å²) in [4.78, 5) is 10.2. The molecule has 0 saturated carbocycles. The van der Waals surface area contributed by atoms with Crippen molar-refractivity contribution in [3.05, 3.63) is 33.3 Å². The number of nitro benzene ring substituents is 1. The highest BCUT2D eigenvalue weighted by atomic mass is 35.5. The van der Waals surface area contributed by atoms with Crippen LogP contribution in [-0.2, 0) is 0 Å². The summed E-state index contributed by atoms with van der Waals surface area (Å²) in [6.45, 7) is 3.42. The largest absolute Gasteiger partial charge is 0.389 e. The van der Waals surface area contributed by atoms with Crippen molar-refractivity contribution < 1.29 is 10.0 Å². The van der Waals surface area contributed by atoms with Gasteiger partial charge in [-0.2, -0.15) is 0 Å². The van der Waals surface area contributed by atoms with Gasteiger partial charge in [0.05, 0.1) is 10.5 Å². The van der Waals surface area contributed by atoms with Gasteiger partial charge < -0.3 is 10.4 Å². The van der Waals surface area contributed by atoms with Crippen molar-refractivity contribution >= 4 is 23.0 Å². The molecule has 0 aliphatic heterocycles. The number of halogens is 1. The van der Waals surface area contributed by atoms with Crippen LogP contribution in [0, 0.1) is 10.1 Å². The lowest BCUT2D eigenvalue weighted by Crippen LogP contribution is -2.29. The Morgan fingerprint density at radius 2 is 2.19 bits per heavy atom. The van der Waals surface area contributed by atoms with Crippen molar-refractivity contribution in [3.8, 4) is 0 Å². The number of nitrogens with zero attached hydrogens (tertiary/aromatic N) is 1. The molecule has 0 fully saturated rings. The third kappa shape index (κ3) is 3.67. The number of rotatable bonds is 4. The zero-order valence-electron chi connectivity index (χ0n) is 9.03. The van der Waals surface area contributed by atoms with Crippen LogP contribution in [0.1, 0.15) is 13.8 Å². The third-order valence-corrected chi connectivity index (χ3v) is 2.10. The lowest BCUT2D eigenvalue weighted by Gasteiger charge is -2.18. The molecule has 0 aliphatic carbocycles. The van der Waals surface area contributed by atoms with Crippen molar-refractivity contribution in [1.29, 1.82) is 0 Å². The number of anilines is 1. The molecule has 0 bridgehead atoms. The maximum absolute atomic E-state index is 10.7. The van der Waals surface area contributed by atoms with E-state index in [9.17, 15) is 15.2 Å². The summed E-state index contributed by atoms with van der Waals surface area (Å²) < 4.78 is 0. The van der Waals surface area contributed by atoms with Gasteiger partial charge in [-0.3, -0.25) is 10.1 Å². The van der Waals surface area contributed by atoms with E-state index in [-0.39, 0.29) is 12.2 Å². The average Bonchev–Trinajstić information content (AvgIpc) is 2.13. The fourth-order valence-corrected chi connectivity index (χ4v) is 1.29. The van der Waals surface area contributed by atoms with Crippen molar-refractivity contribution in [3.63, 3.8) is 0 Å². The Hall–Kier alpha value is -1.33. The highest BCUT2D eigenvalue weighted by Crippen LogP contribution is 2.27. The fraction of sp³-hybridized carbons (Fsp3) is 0.400. The van der Waals surface area contributed by atoms with Gasteiger partial charge in [0.1, 0.15) is 5.69 Å². The van der Waals surface area contributed by atoms with Gasteiger partial charge in [0, 0.05) is 17.6 Å². The predicted molar refractivity (Wildman–Crippen MR) is 62.9 cm³/mol. The molecule has 0 unspecified atom stereocenters. The Morgan fingerprint density at radius 1 is 1.56 bits per heavy atom. The number of aliphatic hydroxyl groups is 1. The summed E-state index contributed by atoms with van der Waals surface area (Å²) in [5.41, 5.74) is -0.704. The first-order chi connectivity index (χ1) is 7.29. The second kappa shape index (κ2) is 4.67. The van der Waals surface area contributed by atoms with E-state index >= 15 is 0 Å². The highest BCUT2D eigenvalue weighted by molar-refractivity contribution is 6.31. The Kier molecular flexibility index (Phi) is 3.72. The van der Waals surface area contributed by atoms with Gasteiger partial charge in [0.25, 0.3) is 5.69 Å². The Labute approximate surface area is 98.2 Å². The van der Waals surface area contributed by atoms with Crippen molar-refractivity contribution in [2.75, 3.05) is 11.9 Å². The Morgan fingerprint density at radius 3 is 2.69 bits per heavy atom. The quantitative estimate of drug-likeness (QED) is 0.630. The first kappa shape index (κ1) is 12.7. The normalized spacial score (nSPS) is 11.2. The van der Waals surface area contributed by atoms with E-state index in [1.807, 2.05) is 0 Å². The maximum atomic E-state index is 10.7. The fourth-order valence-electron chi connectivity index (χ4n) is 1.12. The van der Waals surface area contributed by atoms with E-state index in [1.54, 1.807) is 13.8 Å². The molecule has 5 nitrogen and oxygen atoms in total. The van der Waals surface area contributed by atoms with Gasteiger partial charge in [-0.1, -0.05) is 11.6 Å². The second-order valence-corrected chi connectivity index (χ2v) is 4.52. The minimum absolute atomic E-state index is 0.0614. The molecular weight excluding hydrogens is 232 g/mol. The molecule has 1 aromatic rings. The van der Waals surface area contributed by atoms with Gasteiger partial charge in [0.2, 0.25) is 0 Å². The molecule has 0 aromatic heterocycles. The second-order valence-electron chi connectivity index (χ2n) is 4.08. The van der Waals surface area contributed by atoms with E-state index in [0.717, 1.165) is 0 Å². The first-order valence-electron chi connectivity index (χ1n) is 4.70. The maximum Gasteiger partial charge on any atom is 0.292 e. The van der Waals surface area contributed by atoms with Crippen LogP contribution in [0.15, 0.2) is 18.2 Å². The minimum atomic E-state index is -0.948. The number of nitro groups is 1. The number of hydrogen-bond acceptors (Lipinski definition) is 4. The molecule has 1 aromatic carbocycles. The molecule has 6 heteroatoms. The van der Waals surface area contributed by atoms with Crippen LogP contribution in [0.3, 0.4) is 0 Å². The van der Waals surface area contributed by atoms with Crippen molar-refractivity contribution in [1.82, 2.24) is 0 Å². The molecule has 0 spiro atoms.